The number of anilines is 2. The Balaban J connectivity index is 0.000000165. The van der Waals surface area contributed by atoms with Crippen LogP contribution in [0.4, 0.5) is 11.4 Å². The number of aromatic amines is 1. The van der Waals surface area contributed by atoms with Crippen molar-refractivity contribution in [2.24, 2.45) is 14.1 Å². The number of nitrogens with zero attached hydrogens (tertiary/aromatic N) is 5. The maximum atomic E-state index is 11.5. The molecule has 0 saturated carbocycles. The van der Waals surface area contributed by atoms with Crippen molar-refractivity contribution < 1.29 is 0 Å². The lowest BCUT2D eigenvalue weighted by molar-refractivity contribution is 0.418. The maximum Gasteiger partial charge on any atom is 0.332 e. The van der Waals surface area contributed by atoms with Gasteiger partial charge in [-0.3, -0.25) is 13.9 Å². The molecule has 0 atom stereocenters. The highest BCUT2D eigenvalue weighted by atomic mass is 35.5. The average Bonchev–Trinajstić information content (AvgIpc) is 3.21. The monoisotopic (exact) mass is 484 g/mol. The Morgan fingerprint density at radius 1 is 0.970 bits per heavy atom. The number of aryl methyl sites for hydroxylation is 1. The van der Waals surface area contributed by atoms with Crippen molar-refractivity contribution in [3.05, 3.63) is 74.7 Å². The van der Waals surface area contributed by atoms with Gasteiger partial charge in [0.05, 0.1) is 11.4 Å². The Bertz CT molecular complexity index is 1380. The van der Waals surface area contributed by atoms with E-state index in [1.54, 1.807) is 0 Å². The number of fused-ring (bicyclic) bond motifs is 3. The first kappa shape index (κ1) is 23.2. The molecule has 2 aromatic carbocycles. The maximum absolute atomic E-state index is 11.5. The third-order valence-corrected chi connectivity index (χ3v) is 6.68. The van der Waals surface area contributed by atoms with E-state index in [9.17, 15) is 9.59 Å². The zero-order valence-corrected chi connectivity index (χ0v) is 20.4. The van der Waals surface area contributed by atoms with Gasteiger partial charge in [-0.15, -0.1) is 0 Å². The minimum absolute atomic E-state index is 0.0956. The van der Waals surface area contributed by atoms with E-state index in [1.165, 1.54) is 39.8 Å². The minimum Gasteiger partial charge on any atom is -0.338 e. The Labute approximate surface area is 200 Å². The number of H-pyrrole nitrogens is 1. The number of para-hydroxylation sites is 2. The summed E-state index contributed by atoms with van der Waals surface area (Å²) < 4.78 is 2.26. The molecule has 1 N–H and O–H groups in total. The van der Waals surface area contributed by atoms with E-state index in [0.29, 0.717) is 0 Å². The van der Waals surface area contributed by atoms with Crippen molar-refractivity contribution in [2.75, 3.05) is 32.1 Å². The van der Waals surface area contributed by atoms with Gasteiger partial charge in [0.15, 0.2) is 11.2 Å². The summed E-state index contributed by atoms with van der Waals surface area (Å²) in [6, 6.07) is 17.3. The van der Waals surface area contributed by atoms with Gasteiger partial charge in [0.1, 0.15) is 0 Å². The van der Waals surface area contributed by atoms with Gasteiger partial charge >= 0.3 is 5.69 Å². The molecule has 0 spiro atoms. The second-order valence-corrected chi connectivity index (χ2v) is 9.37. The summed E-state index contributed by atoms with van der Waals surface area (Å²) in [5.41, 5.74) is 2.30. The molecule has 172 valence electrons. The number of hydrogen-bond acceptors (Lipinski definition) is 6. The van der Waals surface area contributed by atoms with E-state index in [1.807, 2.05) is 11.8 Å². The van der Waals surface area contributed by atoms with Crippen molar-refractivity contribution in [3.8, 4) is 0 Å². The summed E-state index contributed by atoms with van der Waals surface area (Å²) in [6.07, 6.45) is 0. The first-order valence-corrected chi connectivity index (χ1v) is 11.6. The number of aromatic nitrogens is 4. The molecule has 33 heavy (non-hydrogen) atoms. The molecule has 5 rings (SSSR count). The molecule has 0 bridgehead atoms. The summed E-state index contributed by atoms with van der Waals surface area (Å²) >= 11 is 7.47. The van der Waals surface area contributed by atoms with Crippen LogP contribution in [-0.4, -0.2) is 51.2 Å². The van der Waals surface area contributed by atoms with Crippen LogP contribution in [-0.2, 0) is 14.1 Å². The first-order valence-electron chi connectivity index (χ1n) is 10.4. The van der Waals surface area contributed by atoms with Crippen molar-refractivity contribution >= 4 is 45.9 Å². The fourth-order valence-corrected chi connectivity index (χ4v) is 4.89. The Morgan fingerprint density at radius 3 is 2.12 bits per heavy atom. The molecule has 2 aromatic heterocycles. The van der Waals surface area contributed by atoms with Gasteiger partial charge in [0.25, 0.3) is 5.56 Å². The highest BCUT2D eigenvalue weighted by molar-refractivity contribution is 7.99. The second kappa shape index (κ2) is 9.46. The molecule has 0 aliphatic carbocycles. The van der Waals surface area contributed by atoms with E-state index in [0.717, 1.165) is 17.7 Å². The van der Waals surface area contributed by atoms with Crippen LogP contribution in [0.3, 0.4) is 0 Å². The van der Waals surface area contributed by atoms with Gasteiger partial charge in [0, 0.05) is 37.0 Å². The molecular formula is C23H25ClN6O2S. The molecule has 1 aliphatic heterocycles. The quantitative estimate of drug-likeness (QED) is 0.449. The predicted molar refractivity (Wildman–Crippen MR) is 134 cm³/mol. The molecule has 0 fully saturated rings. The van der Waals surface area contributed by atoms with Crippen LogP contribution in [0, 0.1) is 0 Å². The number of nitrogens with one attached hydrogen (secondary N) is 1. The van der Waals surface area contributed by atoms with Crippen molar-refractivity contribution in [3.63, 3.8) is 0 Å². The number of benzene rings is 2. The van der Waals surface area contributed by atoms with Crippen LogP contribution in [0.2, 0.25) is 5.28 Å². The van der Waals surface area contributed by atoms with Crippen molar-refractivity contribution in [2.45, 2.75) is 9.79 Å². The SMILES string of the molecule is CN(C)CCN1c2ccccc2Sc2ccccc21.Cn1c(=O)c2[nH]c(Cl)nc2n(C)c1=O. The molecule has 0 radical (unpaired) electrons. The lowest BCUT2D eigenvalue weighted by Gasteiger charge is -2.33. The van der Waals surface area contributed by atoms with Gasteiger partial charge < -0.3 is 14.8 Å². The van der Waals surface area contributed by atoms with Crippen LogP contribution in [0.25, 0.3) is 11.2 Å². The van der Waals surface area contributed by atoms with Crippen LogP contribution >= 0.6 is 23.4 Å². The van der Waals surface area contributed by atoms with Crippen LogP contribution in [0.15, 0.2) is 67.9 Å². The van der Waals surface area contributed by atoms with E-state index in [4.69, 9.17) is 11.6 Å². The van der Waals surface area contributed by atoms with Crippen LogP contribution in [0.1, 0.15) is 0 Å². The average molecular weight is 485 g/mol. The van der Waals surface area contributed by atoms with Gasteiger partial charge in [-0.1, -0.05) is 36.0 Å². The predicted octanol–water partition coefficient (Wildman–Crippen LogP) is 3.46. The second-order valence-electron chi connectivity index (χ2n) is 7.92. The van der Waals surface area contributed by atoms with Gasteiger partial charge in [-0.25, -0.2) is 4.79 Å². The molecule has 10 heteroatoms. The standard InChI is InChI=1S/C16H18N2S.C7H7ClN4O2/c1-17(2)11-12-18-13-7-3-5-9-15(13)19-16-10-6-4-8-14(16)18;1-11-4-3(9-6(8)10-4)5(13)12(2)7(11)14/h3-10H,11-12H2,1-2H3;1-2H3,(H,9,10). The molecule has 0 amide bonds. The summed E-state index contributed by atoms with van der Waals surface area (Å²) in [6.45, 7) is 2.06. The number of hydrogen-bond donors (Lipinski definition) is 1. The van der Waals surface area contributed by atoms with Gasteiger partial charge in [0.2, 0.25) is 5.28 Å². The topological polar surface area (TPSA) is 79.2 Å². The molecule has 3 heterocycles. The van der Waals surface area contributed by atoms with Crippen molar-refractivity contribution in [1.82, 2.24) is 24.0 Å². The highest BCUT2D eigenvalue weighted by Gasteiger charge is 2.22. The van der Waals surface area contributed by atoms with Crippen LogP contribution < -0.4 is 16.1 Å². The molecular weight excluding hydrogens is 460 g/mol. The molecule has 8 nitrogen and oxygen atoms in total. The van der Waals surface area contributed by atoms with E-state index < -0.39 is 11.2 Å². The molecule has 1 aliphatic rings. The largest absolute Gasteiger partial charge is 0.338 e. The number of likely N-dealkylation sites (N-methyl/N-ethyl adjacent to an activating group) is 1. The van der Waals surface area contributed by atoms with E-state index in [2.05, 4.69) is 82.4 Å². The summed E-state index contributed by atoms with van der Waals surface area (Å²) in [5.74, 6) is 0. The molecule has 4 aromatic rings. The van der Waals surface area contributed by atoms with Gasteiger partial charge in [-0.2, -0.15) is 4.98 Å². The lowest BCUT2D eigenvalue weighted by Crippen LogP contribution is -2.36. The third-order valence-electron chi connectivity index (χ3n) is 5.37. The summed E-state index contributed by atoms with van der Waals surface area (Å²) in [7, 11) is 7.17. The Kier molecular flexibility index (Phi) is 6.64. The summed E-state index contributed by atoms with van der Waals surface area (Å²) in [4.78, 5) is 36.8. The zero-order valence-electron chi connectivity index (χ0n) is 18.9. The zero-order chi connectivity index (χ0) is 23.7. The Morgan fingerprint density at radius 2 is 1.55 bits per heavy atom. The highest BCUT2D eigenvalue weighted by Crippen LogP contribution is 2.47. The number of rotatable bonds is 3. The number of halogens is 1. The fraction of sp³-hybridized carbons (Fsp3) is 0.261. The summed E-state index contributed by atoms with van der Waals surface area (Å²) in [5, 5.41) is 0.0956. The third kappa shape index (κ3) is 4.57. The Hall–Kier alpha value is -3.01. The smallest absolute Gasteiger partial charge is 0.332 e. The minimum atomic E-state index is -0.428. The number of imidazole rings is 1. The van der Waals surface area contributed by atoms with E-state index >= 15 is 0 Å². The van der Waals surface area contributed by atoms with Crippen LogP contribution in [0.5, 0.6) is 0 Å². The van der Waals surface area contributed by atoms with Crippen molar-refractivity contribution in [1.29, 1.82) is 0 Å². The fourth-order valence-electron chi connectivity index (χ4n) is 3.62. The van der Waals surface area contributed by atoms with Gasteiger partial charge in [-0.05, 0) is 50.0 Å². The van der Waals surface area contributed by atoms with E-state index in [-0.39, 0.29) is 16.4 Å². The normalized spacial score (nSPS) is 12.4. The lowest BCUT2D eigenvalue weighted by atomic mass is 10.2. The molecule has 0 unspecified atom stereocenters. The first-order chi connectivity index (χ1) is 15.8. The molecule has 0 saturated heterocycles.